The summed E-state index contributed by atoms with van der Waals surface area (Å²) >= 11 is 0. The van der Waals surface area contributed by atoms with E-state index in [1.165, 1.54) is 19.2 Å². The highest BCUT2D eigenvalue weighted by Crippen LogP contribution is 2.36. The van der Waals surface area contributed by atoms with Crippen LogP contribution < -0.4 is 14.2 Å². The van der Waals surface area contributed by atoms with E-state index in [2.05, 4.69) is 0 Å². The molecule has 0 saturated heterocycles. The lowest BCUT2D eigenvalue weighted by atomic mass is 9.82. The summed E-state index contributed by atoms with van der Waals surface area (Å²) in [5.74, 6) is 0.623. The quantitative estimate of drug-likeness (QED) is 0.871. The lowest BCUT2D eigenvalue weighted by Gasteiger charge is -2.20. The molecule has 6 nitrogen and oxygen atoms in total. The number of hydrogen-bond acceptors (Lipinski definition) is 6. The van der Waals surface area contributed by atoms with Crippen LogP contribution in [0.25, 0.3) is 0 Å². The van der Waals surface area contributed by atoms with E-state index >= 15 is 0 Å². The average molecular weight is 368 g/mol. The minimum absolute atomic E-state index is 0.156. The summed E-state index contributed by atoms with van der Waals surface area (Å²) in [6.45, 7) is 1.63. The Morgan fingerprint density at radius 1 is 0.815 bits per heavy atom. The second-order valence-electron chi connectivity index (χ2n) is 6.23. The molecular formula is C21H20O6. The van der Waals surface area contributed by atoms with Crippen LogP contribution in [0, 0.1) is 0 Å². The number of fused-ring (bicyclic) bond motifs is 1. The van der Waals surface area contributed by atoms with Gasteiger partial charge < -0.3 is 19.3 Å². The Kier molecular flexibility index (Phi) is 4.90. The first-order valence-electron chi connectivity index (χ1n) is 8.31. The minimum atomic E-state index is -0.290. The number of methoxy groups -OCH3 is 3. The van der Waals surface area contributed by atoms with Crippen molar-refractivity contribution in [2.75, 3.05) is 21.3 Å². The molecule has 2 aromatic carbocycles. The van der Waals surface area contributed by atoms with Gasteiger partial charge in [0.1, 0.15) is 11.5 Å². The van der Waals surface area contributed by atoms with Crippen LogP contribution in [0.3, 0.4) is 0 Å². The highest BCUT2D eigenvalue weighted by Gasteiger charge is 2.31. The van der Waals surface area contributed by atoms with Gasteiger partial charge in [0.15, 0.2) is 23.1 Å². The van der Waals surface area contributed by atoms with Crippen molar-refractivity contribution < 1.29 is 28.9 Å². The molecule has 0 fully saturated rings. The summed E-state index contributed by atoms with van der Waals surface area (Å²) in [6, 6.07) is 8.01. The van der Waals surface area contributed by atoms with Gasteiger partial charge in [-0.2, -0.15) is 0 Å². The molecule has 1 N–H and O–H groups in total. The van der Waals surface area contributed by atoms with E-state index in [0.717, 1.165) is 5.56 Å². The fraction of sp³-hybridized carbons (Fsp3) is 0.238. The Hall–Kier alpha value is -3.28. The molecule has 1 aliphatic rings. The maximum atomic E-state index is 13.0. The number of hydrogen-bond donors (Lipinski definition) is 1. The number of phenols is 1. The molecule has 0 atom stereocenters. The highest BCUT2D eigenvalue weighted by molar-refractivity contribution is 6.27. The number of carbonyl (C=O) groups excluding carboxylic acids is 2. The lowest BCUT2D eigenvalue weighted by Crippen LogP contribution is -2.22. The molecule has 3 rings (SSSR count). The molecule has 2 aromatic rings. The van der Waals surface area contributed by atoms with E-state index in [4.69, 9.17) is 14.2 Å². The second kappa shape index (κ2) is 7.15. The number of Topliss-reactive ketones (excluding diaryl/α,β-unsaturated/α-hetero) is 2. The van der Waals surface area contributed by atoms with E-state index < -0.39 is 0 Å². The zero-order valence-corrected chi connectivity index (χ0v) is 15.6. The van der Waals surface area contributed by atoms with Crippen LogP contribution in [0.15, 0.2) is 41.5 Å². The van der Waals surface area contributed by atoms with Crippen LogP contribution in [0.2, 0.25) is 0 Å². The molecule has 0 spiro atoms. The first-order chi connectivity index (χ1) is 12.9. The van der Waals surface area contributed by atoms with Crippen molar-refractivity contribution in [3.05, 3.63) is 58.2 Å². The van der Waals surface area contributed by atoms with Gasteiger partial charge >= 0.3 is 0 Å². The maximum absolute atomic E-state index is 13.0. The van der Waals surface area contributed by atoms with Gasteiger partial charge in [-0.1, -0.05) is 0 Å². The van der Waals surface area contributed by atoms with E-state index in [-0.39, 0.29) is 40.6 Å². The normalized spacial score (nSPS) is 13.5. The van der Waals surface area contributed by atoms with Crippen LogP contribution in [0.5, 0.6) is 23.0 Å². The summed E-state index contributed by atoms with van der Waals surface area (Å²) in [5, 5.41) is 10.0. The Morgan fingerprint density at radius 3 is 1.96 bits per heavy atom. The topological polar surface area (TPSA) is 82.1 Å². The molecule has 27 heavy (non-hydrogen) atoms. The van der Waals surface area contributed by atoms with Gasteiger partial charge in [-0.05, 0) is 36.8 Å². The van der Waals surface area contributed by atoms with Crippen LogP contribution in [0.4, 0.5) is 0 Å². The molecule has 0 aromatic heterocycles. The van der Waals surface area contributed by atoms with Gasteiger partial charge in [-0.3, -0.25) is 9.59 Å². The van der Waals surface area contributed by atoms with E-state index in [1.807, 2.05) is 0 Å². The molecule has 0 aliphatic heterocycles. The van der Waals surface area contributed by atoms with Gasteiger partial charge in [-0.25, -0.2) is 0 Å². The summed E-state index contributed by atoms with van der Waals surface area (Å²) in [5.41, 5.74) is 1.95. The van der Waals surface area contributed by atoms with Crippen molar-refractivity contribution >= 4 is 11.6 Å². The zero-order chi connectivity index (χ0) is 19.7. The largest absolute Gasteiger partial charge is 0.504 e. The first kappa shape index (κ1) is 18.5. The standard InChI is InChI=1S/C21H20O6/c1-11-15(7-12-5-13(25-2)8-14(6-12)26-3)21(24)16-9-18(22)19(27-4)10-17(16)20(11)23/h5-6,8-10,22H,7H2,1-4H3. The van der Waals surface area contributed by atoms with Gasteiger partial charge in [0, 0.05) is 34.8 Å². The number of rotatable bonds is 5. The number of ether oxygens (including phenoxy) is 3. The van der Waals surface area contributed by atoms with Gasteiger partial charge in [0.05, 0.1) is 21.3 Å². The smallest absolute Gasteiger partial charge is 0.190 e. The molecule has 0 bridgehead atoms. The van der Waals surface area contributed by atoms with Crippen LogP contribution in [0.1, 0.15) is 33.2 Å². The van der Waals surface area contributed by atoms with Crippen molar-refractivity contribution in [1.82, 2.24) is 0 Å². The minimum Gasteiger partial charge on any atom is -0.504 e. The Labute approximate surface area is 157 Å². The highest BCUT2D eigenvalue weighted by atomic mass is 16.5. The Bertz CT molecular complexity index is 949. The molecule has 0 unspecified atom stereocenters. The number of phenolic OH excluding ortho intramolecular Hbond substituents is 1. The van der Waals surface area contributed by atoms with Crippen molar-refractivity contribution in [2.24, 2.45) is 0 Å². The summed E-state index contributed by atoms with van der Waals surface area (Å²) < 4.78 is 15.6. The SMILES string of the molecule is COc1cc(CC2=C(C)C(=O)c3cc(OC)c(O)cc3C2=O)cc(OC)c1. The molecule has 0 radical (unpaired) electrons. The van der Waals surface area contributed by atoms with Crippen molar-refractivity contribution in [1.29, 1.82) is 0 Å². The predicted octanol–water partition coefficient (Wildman–Crippen LogP) is 3.36. The van der Waals surface area contributed by atoms with Crippen molar-refractivity contribution in [3.8, 4) is 23.0 Å². The van der Waals surface area contributed by atoms with E-state index in [9.17, 15) is 14.7 Å². The molecule has 140 valence electrons. The second-order valence-corrected chi connectivity index (χ2v) is 6.23. The third-order valence-corrected chi connectivity index (χ3v) is 4.67. The summed E-state index contributed by atoms with van der Waals surface area (Å²) in [7, 11) is 4.48. The molecular weight excluding hydrogens is 348 g/mol. The summed E-state index contributed by atoms with van der Waals surface area (Å²) in [4.78, 5) is 25.8. The molecule has 0 amide bonds. The number of aromatic hydroxyl groups is 1. The Morgan fingerprint density at radius 2 is 1.41 bits per heavy atom. The third kappa shape index (κ3) is 3.26. The van der Waals surface area contributed by atoms with Crippen LogP contribution in [-0.4, -0.2) is 38.0 Å². The van der Waals surface area contributed by atoms with Crippen molar-refractivity contribution in [2.45, 2.75) is 13.3 Å². The molecule has 0 heterocycles. The van der Waals surface area contributed by atoms with Crippen LogP contribution in [-0.2, 0) is 6.42 Å². The van der Waals surface area contributed by atoms with E-state index in [0.29, 0.717) is 22.6 Å². The predicted molar refractivity (Wildman–Crippen MR) is 99.3 cm³/mol. The number of ketones is 2. The summed E-state index contributed by atoms with van der Waals surface area (Å²) in [6.07, 6.45) is 0.246. The maximum Gasteiger partial charge on any atom is 0.190 e. The number of benzene rings is 2. The molecule has 1 aliphatic carbocycles. The van der Waals surface area contributed by atoms with E-state index in [1.54, 1.807) is 39.3 Å². The first-order valence-corrected chi connectivity index (χ1v) is 8.31. The lowest BCUT2D eigenvalue weighted by molar-refractivity contribution is 0.0972. The number of allylic oxidation sites excluding steroid dienone is 2. The van der Waals surface area contributed by atoms with Crippen LogP contribution >= 0.6 is 0 Å². The fourth-order valence-electron chi connectivity index (χ4n) is 3.16. The van der Waals surface area contributed by atoms with Gasteiger partial charge in [0.2, 0.25) is 0 Å². The molecule has 6 heteroatoms. The number of carbonyl (C=O) groups is 2. The average Bonchev–Trinajstić information content (AvgIpc) is 2.68. The van der Waals surface area contributed by atoms with Crippen molar-refractivity contribution in [3.63, 3.8) is 0 Å². The van der Waals surface area contributed by atoms with Gasteiger partial charge in [0.25, 0.3) is 0 Å². The van der Waals surface area contributed by atoms with Gasteiger partial charge in [-0.15, -0.1) is 0 Å². The fourth-order valence-corrected chi connectivity index (χ4v) is 3.16. The zero-order valence-electron chi connectivity index (χ0n) is 15.6. The monoisotopic (exact) mass is 368 g/mol. The Balaban J connectivity index is 2.05. The third-order valence-electron chi connectivity index (χ3n) is 4.67. The molecule has 0 saturated carbocycles.